The highest BCUT2D eigenvalue weighted by molar-refractivity contribution is 6.15. The van der Waals surface area contributed by atoms with Crippen LogP contribution in [0.2, 0.25) is 0 Å². The van der Waals surface area contributed by atoms with Crippen molar-refractivity contribution in [2.45, 2.75) is 34.6 Å². The number of hydrogen-bond acceptors (Lipinski definition) is 4. The zero-order valence-corrected chi connectivity index (χ0v) is 14.7. The minimum atomic E-state index is -0.170. The predicted octanol–water partition coefficient (Wildman–Crippen LogP) is 3.99. The number of nitrogens with two attached hydrogens (primary N) is 1. The van der Waals surface area contributed by atoms with Gasteiger partial charge < -0.3 is 5.73 Å². The first-order chi connectivity index (χ1) is 11.3. The Morgan fingerprint density at radius 3 is 2.00 bits per heavy atom. The first-order valence-corrected chi connectivity index (χ1v) is 7.95. The minimum absolute atomic E-state index is 0.170. The largest absolute Gasteiger partial charge is 0.396 e. The number of rotatable bonds is 2. The Balaban J connectivity index is 2.24. The number of carbonyl (C=O) groups excluding carboxylic acids is 1. The molecule has 3 aromatic rings. The molecule has 2 aromatic carbocycles. The van der Waals surface area contributed by atoms with Gasteiger partial charge in [-0.05, 0) is 57.4 Å². The zero-order chi connectivity index (χ0) is 17.6. The number of aromatic nitrogens is 2. The Morgan fingerprint density at radius 2 is 1.38 bits per heavy atom. The van der Waals surface area contributed by atoms with Gasteiger partial charge >= 0.3 is 0 Å². The molecule has 0 atom stereocenters. The smallest absolute Gasteiger partial charge is 0.215 e. The maximum absolute atomic E-state index is 13.1. The van der Waals surface area contributed by atoms with Gasteiger partial charge in [-0.25, -0.2) is 0 Å². The summed E-state index contributed by atoms with van der Waals surface area (Å²) < 4.78 is 0. The van der Waals surface area contributed by atoms with Crippen LogP contribution in [0.3, 0.4) is 0 Å². The second kappa shape index (κ2) is 5.71. The summed E-state index contributed by atoms with van der Waals surface area (Å²) in [5.74, 6) is -0.170. The van der Waals surface area contributed by atoms with Crippen molar-refractivity contribution in [3.8, 4) is 0 Å². The van der Waals surface area contributed by atoms with E-state index < -0.39 is 0 Å². The third-order valence-electron chi connectivity index (χ3n) is 4.36. The molecule has 3 rings (SSSR count). The van der Waals surface area contributed by atoms with Crippen molar-refractivity contribution in [2.24, 2.45) is 0 Å². The quantitative estimate of drug-likeness (QED) is 0.725. The third kappa shape index (κ3) is 2.54. The van der Waals surface area contributed by atoms with Crippen molar-refractivity contribution in [2.75, 3.05) is 5.73 Å². The molecular formula is C20H21N3O. The van der Waals surface area contributed by atoms with Crippen LogP contribution in [0.25, 0.3) is 10.9 Å². The fourth-order valence-electron chi connectivity index (χ4n) is 3.40. The van der Waals surface area contributed by atoms with Crippen LogP contribution in [0.5, 0.6) is 0 Å². The third-order valence-corrected chi connectivity index (χ3v) is 4.36. The van der Waals surface area contributed by atoms with E-state index in [2.05, 4.69) is 10.2 Å². The first-order valence-electron chi connectivity index (χ1n) is 7.95. The predicted molar refractivity (Wildman–Crippen MR) is 97.5 cm³/mol. The highest BCUT2D eigenvalue weighted by Gasteiger charge is 2.21. The van der Waals surface area contributed by atoms with Crippen molar-refractivity contribution < 1.29 is 4.79 Å². The molecule has 0 spiro atoms. The van der Waals surface area contributed by atoms with Gasteiger partial charge in [0.05, 0.1) is 11.2 Å². The van der Waals surface area contributed by atoms with Gasteiger partial charge in [-0.3, -0.25) is 4.79 Å². The number of carbonyl (C=O) groups is 1. The lowest BCUT2D eigenvalue weighted by Gasteiger charge is -2.12. The van der Waals surface area contributed by atoms with Crippen molar-refractivity contribution >= 4 is 22.4 Å². The molecule has 1 heterocycles. The van der Waals surface area contributed by atoms with E-state index in [0.29, 0.717) is 11.3 Å². The van der Waals surface area contributed by atoms with Crippen LogP contribution < -0.4 is 5.73 Å². The van der Waals surface area contributed by atoms with Crippen LogP contribution in [0.15, 0.2) is 24.3 Å². The van der Waals surface area contributed by atoms with Crippen LogP contribution >= 0.6 is 0 Å². The summed E-state index contributed by atoms with van der Waals surface area (Å²) in [6.07, 6.45) is 0. The molecule has 0 saturated heterocycles. The Morgan fingerprint density at radius 1 is 0.833 bits per heavy atom. The van der Waals surface area contributed by atoms with Crippen LogP contribution in [0.1, 0.15) is 43.9 Å². The number of fused-ring (bicyclic) bond motifs is 1. The molecule has 0 radical (unpaired) electrons. The highest BCUT2D eigenvalue weighted by atomic mass is 16.1. The summed E-state index contributed by atoms with van der Waals surface area (Å²) >= 11 is 0. The number of aryl methyl sites for hydroxylation is 5. The molecule has 0 fully saturated rings. The van der Waals surface area contributed by atoms with Crippen molar-refractivity contribution in [1.29, 1.82) is 0 Å². The molecule has 0 amide bonds. The van der Waals surface area contributed by atoms with E-state index in [0.717, 1.165) is 38.7 Å². The van der Waals surface area contributed by atoms with E-state index in [9.17, 15) is 4.79 Å². The Labute approximate surface area is 141 Å². The standard InChI is InChI=1S/C20H21N3O/c1-10-6-12(3)16(13(4)7-10)20(24)19-17(21)15-9-11(2)8-14(5)18(15)22-23-19/h6-9H,1-5H3,(H2,21,22). The van der Waals surface area contributed by atoms with Gasteiger partial charge in [-0.15, -0.1) is 10.2 Å². The van der Waals surface area contributed by atoms with E-state index >= 15 is 0 Å². The summed E-state index contributed by atoms with van der Waals surface area (Å²) in [5.41, 5.74) is 13.4. The van der Waals surface area contributed by atoms with Gasteiger partial charge in [0, 0.05) is 10.9 Å². The van der Waals surface area contributed by atoms with Gasteiger partial charge in [0.15, 0.2) is 5.69 Å². The molecule has 0 aliphatic carbocycles. The molecule has 0 saturated carbocycles. The van der Waals surface area contributed by atoms with Crippen molar-refractivity contribution in [1.82, 2.24) is 10.2 Å². The van der Waals surface area contributed by atoms with E-state index in [1.165, 1.54) is 0 Å². The fourth-order valence-corrected chi connectivity index (χ4v) is 3.40. The number of hydrogen-bond donors (Lipinski definition) is 1. The second-order valence-electron chi connectivity index (χ2n) is 6.54. The summed E-state index contributed by atoms with van der Waals surface area (Å²) in [7, 11) is 0. The Hall–Kier alpha value is -2.75. The van der Waals surface area contributed by atoms with E-state index in [4.69, 9.17) is 5.73 Å². The molecule has 122 valence electrons. The Bertz CT molecular complexity index is 967. The van der Waals surface area contributed by atoms with Crippen LogP contribution in [0.4, 0.5) is 5.69 Å². The molecule has 0 unspecified atom stereocenters. The van der Waals surface area contributed by atoms with Gasteiger partial charge in [0.2, 0.25) is 5.78 Å². The number of ketones is 1. The maximum atomic E-state index is 13.1. The van der Waals surface area contributed by atoms with Crippen molar-refractivity contribution in [3.05, 3.63) is 63.3 Å². The summed E-state index contributed by atoms with van der Waals surface area (Å²) in [6, 6.07) is 7.99. The zero-order valence-electron chi connectivity index (χ0n) is 14.7. The number of nitrogen functional groups attached to an aromatic ring is 1. The minimum Gasteiger partial charge on any atom is -0.396 e. The molecular weight excluding hydrogens is 298 g/mol. The molecule has 2 N–H and O–H groups in total. The molecule has 0 aliphatic heterocycles. The normalized spacial score (nSPS) is 11.0. The lowest BCUT2D eigenvalue weighted by Crippen LogP contribution is -2.13. The molecule has 24 heavy (non-hydrogen) atoms. The second-order valence-corrected chi connectivity index (χ2v) is 6.54. The van der Waals surface area contributed by atoms with Gasteiger partial charge in [0.25, 0.3) is 0 Å². The maximum Gasteiger partial charge on any atom is 0.215 e. The van der Waals surface area contributed by atoms with E-state index in [1.807, 2.05) is 58.9 Å². The number of nitrogens with zero attached hydrogens (tertiary/aromatic N) is 2. The Kier molecular flexibility index (Phi) is 3.84. The summed E-state index contributed by atoms with van der Waals surface area (Å²) in [4.78, 5) is 13.1. The fraction of sp³-hybridized carbons (Fsp3) is 0.250. The SMILES string of the molecule is Cc1cc(C)c(C(=O)c2nnc3c(C)cc(C)cc3c2N)c(C)c1. The summed E-state index contributed by atoms with van der Waals surface area (Å²) in [5, 5.41) is 9.19. The van der Waals surface area contributed by atoms with Crippen molar-refractivity contribution in [3.63, 3.8) is 0 Å². The first kappa shape index (κ1) is 16.1. The van der Waals surface area contributed by atoms with E-state index in [1.54, 1.807) is 0 Å². The molecule has 0 aliphatic rings. The van der Waals surface area contributed by atoms with Crippen LogP contribution in [0, 0.1) is 34.6 Å². The lowest BCUT2D eigenvalue weighted by molar-refractivity contribution is 0.103. The number of benzene rings is 2. The van der Waals surface area contributed by atoms with Crippen LogP contribution in [-0.2, 0) is 0 Å². The monoisotopic (exact) mass is 319 g/mol. The van der Waals surface area contributed by atoms with Gasteiger partial charge in [-0.1, -0.05) is 29.3 Å². The molecule has 1 aromatic heterocycles. The topological polar surface area (TPSA) is 68.9 Å². The highest BCUT2D eigenvalue weighted by Crippen LogP contribution is 2.28. The molecule has 0 bridgehead atoms. The van der Waals surface area contributed by atoms with E-state index in [-0.39, 0.29) is 11.5 Å². The molecule has 4 heteroatoms. The average molecular weight is 319 g/mol. The average Bonchev–Trinajstić information content (AvgIpc) is 2.47. The number of anilines is 1. The van der Waals surface area contributed by atoms with Gasteiger partial charge in [-0.2, -0.15) is 0 Å². The summed E-state index contributed by atoms with van der Waals surface area (Å²) in [6.45, 7) is 9.86. The van der Waals surface area contributed by atoms with Crippen LogP contribution in [-0.4, -0.2) is 16.0 Å². The van der Waals surface area contributed by atoms with Gasteiger partial charge in [0.1, 0.15) is 0 Å². The lowest BCUT2D eigenvalue weighted by atomic mass is 9.94. The molecule has 4 nitrogen and oxygen atoms in total.